The molecule has 2 aromatic rings. The summed E-state index contributed by atoms with van der Waals surface area (Å²) in [5.41, 5.74) is 1.34. The van der Waals surface area contributed by atoms with Gasteiger partial charge in [0.2, 0.25) is 11.8 Å². The molecule has 3 rings (SSSR count). The normalized spacial score (nSPS) is 13.8. The Kier molecular flexibility index (Phi) is 5.45. The molecule has 6 nitrogen and oxygen atoms in total. The van der Waals surface area contributed by atoms with Crippen LogP contribution in [0, 0.1) is 0 Å². The number of hydrogen-bond acceptors (Lipinski definition) is 4. The third-order valence-corrected chi connectivity index (χ3v) is 4.79. The summed E-state index contributed by atoms with van der Waals surface area (Å²) in [7, 11) is 0. The number of thiophene rings is 1. The summed E-state index contributed by atoms with van der Waals surface area (Å²) in [5.74, 6) is -0.304. The number of nitrogens with zero attached hydrogens (tertiary/aromatic N) is 1. The van der Waals surface area contributed by atoms with Crippen LogP contribution in [0.4, 0.5) is 11.4 Å². The molecule has 1 aromatic heterocycles. The lowest BCUT2D eigenvalue weighted by Crippen LogP contribution is -2.28. The summed E-state index contributed by atoms with van der Waals surface area (Å²) in [5, 5.41) is 7.39. The molecule has 25 heavy (non-hydrogen) atoms. The highest BCUT2D eigenvalue weighted by molar-refractivity contribution is 7.12. The van der Waals surface area contributed by atoms with Gasteiger partial charge in [-0.2, -0.15) is 0 Å². The van der Waals surface area contributed by atoms with E-state index < -0.39 is 0 Å². The summed E-state index contributed by atoms with van der Waals surface area (Å²) < 4.78 is 0. The van der Waals surface area contributed by atoms with Gasteiger partial charge in [0.1, 0.15) is 0 Å². The van der Waals surface area contributed by atoms with Crippen LogP contribution in [0.2, 0.25) is 0 Å². The summed E-state index contributed by atoms with van der Waals surface area (Å²) >= 11 is 1.36. The minimum atomic E-state index is -0.203. The van der Waals surface area contributed by atoms with Gasteiger partial charge in [0, 0.05) is 25.9 Å². The van der Waals surface area contributed by atoms with Crippen molar-refractivity contribution < 1.29 is 14.4 Å². The Balaban J connectivity index is 1.54. The van der Waals surface area contributed by atoms with E-state index in [-0.39, 0.29) is 30.7 Å². The second-order valence-electron chi connectivity index (χ2n) is 5.70. The molecule has 3 amide bonds. The van der Waals surface area contributed by atoms with E-state index in [0.29, 0.717) is 23.5 Å². The van der Waals surface area contributed by atoms with Crippen LogP contribution in [0.5, 0.6) is 0 Å². The van der Waals surface area contributed by atoms with Crippen molar-refractivity contribution in [2.24, 2.45) is 0 Å². The van der Waals surface area contributed by atoms with Gasteiger partial charge in [-0.05, 0) is 30.0 Å². The molecule has 1 aromatic carbocycles. The molecule has 0 atom stereocenters. The Hall–Kier alpha value is -2.67. The number of benzene rings is 1. The van der Waals surface area contributed by atoms with Crippen LogP contribution >= 0.6 is 11.3 Å². The molecule has 1 aliphatic rings. The number of carbonyl (C=O) groups is 3. The van der Waals surface area contributed by atoms with E-state index in [0.717, 1.165) is 12.1 Å². The first-order valence-corrected chi connectivity index (χ1v) is 9.04. The Morgan fingerprint density at radius 2 is 2.00 bits per heavy atom. The van der Waals surface area contributed by atoms with Gasteiger partial charge in [0.05, 0.1) is 16.3 Å². The molecule has 2 heterocycles. The third kappa shape index (κ3) is 4.24. The number of carbonyl (C=O) groups excluding carboxylic acids is 3. The molecular formula is C18H19N3O3S. The minimum absolute atomic E-state index is 0.0740. The molecule has 1 saturated heterocycles. The number of rotatable bonds is 6. The maximum absolute atomic E-state index is 12.2. The number of hydrogen-bond donors (Lipinski definition) is 2. The zero-order valence-corrected chi connectivity index (χ0v) is 14.5. The quantitative estimate of drug-likeness (QED) is 0.834. The van der Waals surface area contributed by atoms with E-state index in [2.05, 4.69) is 10.6 Å². The molecule has 2 N–H and O–H groups in total. The molecule has 7 heteroatoms. The van der Waals surface area contributed by atoms with Crippen LogP contribution in [-0.2, 0) is 9.59 Å². The Morgan fingerprint density at radius 3 is 2.72 bits per heavy atom. The summed E-state index contributed by atoms with van der Waals surface area (Å²) in [6.45, 7) is 0.927. The topological polar surface area (TPSA) is 78.5 Å². The van der Waals surface area contributed by atoms with E-state index in [4.69, 9.17) is 0 Å². The first-order valence-electron chi connectivity index (χ1n) is 8.16. The van der Waals surface area contributed by atoms with Crippen LogP contribution < -0.4 is 15.5 Å². The second kappa shape index (κ2) is 7.94. The van der Waals surface area contributed by atoms with Crippen molar-refractivity contribution in [2.45, 2.75) is 19.3 Å². The van der Waals surface area contributed by atoms with Gasteiger partial charge in [0.25, 0.3) is 5.91 Å². The lowest BCUT2D eigenvalue weighted by atomic mass is 10.2. The molecule has 1 aliphatic heterocycles. The first-order chi connectivity index (χ1) is 12.1. The van der Waals surface area contributed by atoms with Crippen LogP contribution in [-0.4, -0.2) is 30.8 Å². The standard InChI is InChI=1S/C18H19N3O3S/c22-16(9-10-19-18(24)15-7-4-12-25-15)20-13-5-1-2-6-14(13)21-11-3-8-17(21)23/h1-2,4-7,12H,3,8-11H2,(H,19,24)(H,20,22). The van der Waals surface area contributed by atoms with E-state index in [1.54, 1.807) is 17.0 Å². The van der Waals surface area contributed by atoms with Gasteiger partial charge in [-0.3, -0.25) is 14.4 Å². The largest absolute Gasteiger partial charge is 0.351 e. The minimum Gasteiger partial charge on any atom is -0.351 e. The zero-order chi connectivity index (χ0) is 17.6. The Bertz CT molecular complexity index is 774. The molecule has 1 fully saturated rings. The monoisotopic (exact) mass is 357 g/mol. The summed E-state index contributed by atoms with van der Waals surface area (Å²) in [6.07, 6.45) is 1.53. The molecule has 0 bridgehead atoms. The predicted octanol–water partition coefficient (Wildman–Crippen LogP) is 2.63. The summed E-state index contributed by atoms with van der Waals surface area (Å²) in [6, 6.07) is 10.8. The van der Waals surface area contributed by atoms with Crippen molar-refractivity contribution in [3.05, 3.63) is 46.7 Å². The number of amides is 3. The Labute approximate surface area is 149 Å². The molecule has 0 spiro atoms. The number of nitrogens with one attached hydrogen (secondary N) is 2. The average molecular weight is 357 g/mol. The summed E-state index contributed by atoms with van der Waals surface area (Å²) in [4.78, 5) is 38.3. The van der Waals surface area contributed by atoms with Gasteiger partial charge in [0.15, 0.2) is 0 Å². The second-order valence-corrected chi connectivity index (χ2v) is 6.65. The van der Waals surface area contributed by atoms with Crippen molar-refractivity contribution in [1.29, 1.82) is 0 Å². The zero-order valence-electron chi connectivity index (χ0n) is 13.7. The van der Waals surface area contributed by atoms with Gasteiger partial charge < -0.3 is 15.5 Å². The Morgan fingerprint density at radius 1 is 1.16 bits per heavy atom. The maximum atomic E-state index is 12.2. The molecule has 130 valence electrons. The highest BCUT2D eigenvalue weighted by Crippen LogP contribution is 2.29. The van der Waals surface area contributed by atoms with Crippen molar-refractivity contribution in [1.82, 2.24) is 5.32 Å². The first kappa shape index (κ1) is 17.2. The fourth-order valence-electron chi connectivity index (χ4n) is 2.71. The van der Waals surface area contributed by atoms with Crippen molar-refractivity contribution in [3.8, 4) is 0 Å². The lowest BCUT2D eigenvalue weighted by molar-refractivity contribution is -0.117. The number of para-hydroxylation sites is 2. The molecular weight excluding hydrogens is 338 g/mol. The highest BCUT2D eigenvalue weighted by Gasteiger charge is 2.24. The van der Waals surface area contributed by atoms with Crippen molar-refractivity contribution >= 4 is 40.4 Å². The fraction of sp³-hybridized carbons (Fsp3) is 0.278. The van der Waals surface area contributed by atoms with Crippen LogP contribution in [0.15, 0.2) is 41.8 Å². The van der Waals surface area contributed by atoms with Crippen LogP contribution in [0.3, 0.4) is 0 Å². The van der Waals surface area contributed by atoms with Crippen LogP contribution in [0.25, 0.3) is 0 Å². The van der Waals surface area contributed by atoms with Gasteiger partial charge in [-0.1, -0.05) is 18.2 Å². The number of anilines is 2. The molecule has 0 radical (unpaired) electrons. The van der Waals surface area contributed by atoms with Crippen LogP contribution in [0.1, 0.15) is 28.9 Å². The average Bonchev–Trinajstić information content (AvgIpc) is 3.27. The SMILES string of the molecule is O=C(CCNC(=O)c1cccs1)Nc1ccccc1N1CCCC1=O. The predicted molar refractivity (Wildman–Crippen MR) is 97.9 cm³/mol. The molecule has 0 aliphatic carbocycles. The van der Waals surface area contributed by atoms with Gasteiger partial charge >= 0.3 is 0 Å². The highest BCUT2D eigenvalue weighted by atomic mass is 32.1. The van der Waals surface area contributed by atoms with E-state index in [1.165, 1.54) is 11.3 Å². The van der Waals surface area contributed by atoms with Gasteiger partial charge in [-0.15, -0.1) is 11.3 Å². The maximum Gasteiger partial charge on any atom is 0.261 e. The molecule has 0 unspecified atom stereocenters. The lowest BCUT2D eigenvalue weighted by Gasteiger charge is -2.20. The van der Waals surface area contributed by atoms with E-state index >= 15 is 0 Å². The van der Waals surface area contributed by atoms with Crippen molar-refractivity contribution in [3.63, 3.8) is 0 Å². The van der Waals surface area contributed by atoms with Gasteiger partial charge in [-0.25, -0.2) is 0 Å². The van der Waals surface area contributed by atoms with E-state index in [9.17, 15) is 14.4 Å². The van der Waals surface area contributed by atoms with Crippen molar-refractivity contribution in [2.75, 3.05) is 23.3 Å². The smallest absolute Gasteiger partial charge is 0.261 e. The molecule has 0 saturated carbocycles. The van der Waals surface area contributed by atoms with E-state index in [1.807, 2.05) is 29.6 Å². The third-order valence-electron chi connectivity index (χ3n) is 3.92. The fourth-order valence-corrected chi connectivity index (χ4v) is 3.35.